The summed E-state index contributed by atoms with van der Waals surface area (Å²) in [5.74, 6) is 1.97. The summed E-state index contributed by atoms with van der Waals surface area (Å²) in [6.45, 7) is 3.61. The fourth-order valence-electron chi connectivity index (χ4n) is 2.59. The molecule has 0 fully saturated rings. The van der Waals surface area contributed by atoms with Crippen molar-refractivity contribution in [2.45, 2.75) is 19.6 Å². The first-order chi connectivity index (χ1) is 13.0. The van der Waals surface area contributed by atoms with E-state index in [1.54, 1.807) is 43.8 Å². The number of aliphatic hydroxyl groups excluding tert-OH is 1. The molecule has 1 heterocycles. The Morgan fingerprint density at radius 2 is 2.07 bits per heavy atom. The van der Waals surface area contributed by atoms with Crippen LogP contribution < -0.4 is 14.8 Å². The normalized spacial score (nSPS) is 12.6. The number of aliphatic hydroxyl groups is 1. The molecule has 0 spiro atoms. The zero-order chi connectivity index (χ0) is 19.8. The molecule has 1 aromatic carbocycles. The Morgan fingerprint density at radius 3 is 2.67 bits per heavy atom. The lowest BCUT2D eigenvalue weighted by Crippen LogP contribution is -2.38. The predicted octanol–water partition coefficient (Wildman–Crippen LogP) is 3.55. The number of thiophene rings is 1. The molecule has 2 rings (SSSR count). The van der Waals surface area contributed by atoms with Crippen LogP contribution in [-0.2, 0) is 6.54 Å². The molecule has 0 saturated carbocycles. The number of nitrogens with one attached hydrogen (secondary N) is 1. The minimum absolute atomic E-state index is 0.196. The lowest BCUT2D eigenvalue weighted by molar-refractivity contribution is 0.181. The molecule has 0 radical (unpaired) electrons. The molecule has 0 saturated heterocycles. The average Bonchev–Trinajstić information content (AvgIpc) is 3.08. The van der Waals surface area contributed by atoms with E-state index in [1.165, 1.54) is 0 Å². The quantitative estimate of drug-likeness (QED) is 0.513. The maximum atomic E-state index is 10.6. The van der Waals surface area contributed by atoms with E-state index in [-0.39, 0.29) is 6.54 Å². The van der Waals surface area contributed by atoms with Gasteiger partial charge in [0.05, 0.1) is 31.6 Å². The number of benzene rings is 1. The molecule has 1 unspecified atom stereocenters. The van der Waals surface area contributed by atoms with Crippen LogP contribution in [0.2, 0.25) is 4.34 Å². The number of guanidine groups is 1. The van der Waals surface area contributed by atoms with Crippen molar-refractivity contribution < 1.29 is 14.6 Å². The standard InChI is InChI=1S/C19H26ClN3O3S/c1-5-21-19(23(2)12-14-7-9-18(20)27-14)22-11-16(24)15-10-13(25-3)6-8-17(15)26-4/h6-10,16,24H,5,11-12H2,1-4H3,(H,21,22). The fraction of sp³-hybridized carbons (Fsp3) is 0.421. The molecule has 2 aromatic rings. The SMILES string of the molecule is CCNC(=NCC(O)c1cc(OC)ccc1OC)N(C)Cc1ccc(Cl)s1. The van der Waals surface area contributed by atoms with E-state index in [0.717, 1.165) is 15.8 Å². The molecule has 2 N–H and O–H groups in total. The van der Waals surface area contributed by atoms with E-state index in [0.29, 0.717) is 29.6 Å². The Hall–Kier alpha value is -1.96. The largest absolute Gasteiger partial charge is 0.497 e. The highest BCUT2D eigenvalue weighted by Gasteiger charge is 2.16. The summed E-state index contributed by atoms with van der Waals surface area (Å²) in [6.07, 6.45) is -0.812. The second-order valence-corrected chi connectivity index (χ2v) is 7.68. The first-order valence-electron chi connectivity index (χ1n) is 8.62. The number of aliphatic imine (C=N–C) groups is 1. The summed E-state index contributed by atoms with van der Waals surface area (Å²) in [7, 11) is 5.12. The Labute approximate surface area is 169 Å². The van der Waals surface area contributed by atoms with Gasteiger partial charge in [-0.05, 0) is 37.3 Å². The molecule has 0 aliphatic carbocycles. The minimum Gasteiger partial charge on any atom is -0.497 e. The third kappa shape index (κ3) is 6.02. The second kappa shape index (κ2) is 10.4. The average molecular weight is 412 g/mol. The van der Waals surface area contributed by atoms with E-state index in [9.17, 15) is 5.11 Å². The maximum Gasteiger partial charge on any atom is 0.194 e. The van der Waals surface area contributed by atoms with Crippen LogP contribution in [0.1, 0.15) is 23.5 Å². The van der Waals surface area contributed by atoms with Crippen LogP contribution in [0.15, 0.2) is 35.3 Å². The minimum atomic E-state index is -0.812. The van der Waals surface area contributed by atoms with Gasteiger partial charge in [0.2, 0.25) is 0 Å². The van der Waals surface area contributed by atoms with Gasteiger partial charge in [-0.3, -0.25) is 4.99 Å². The zero-order valence-electron chi connectivity index (χ0n) is 16.0. The number of hydrogen-bond donors (Lipinski definition) is 2. The van der Waals surface area contributed by atoms with Crippen LogP contribution in [0, 0.1) is 0 Å². The van der Waals surface area contributed by atoms with Gasteiger partial charge in [-0.15, -0.1) is 11.3 Å². The Kier molecular flexibility index (Phi) is 8.22. The molecule has 0 aliphatic heterocycles. The highest BCUT2D eigenvalue weighted by Crippen LogP contribution is 2.29. The first-order valence-corrected chi connectivity index (χ1v) is 9.81. The van der Waals surface area contributed by atoms with Crippen LogP contribution in [0.25, 0.3) is 0 Å². The number of hydrogen-bond acceptors (Lipinski definition) is 5. The number of methoxy groups -OCH3 is 2. The molecule has 1 atom stereocenters. The summed E-state index contributed by atoms with van der Waals surface area (Å²) in [5.41, 5.74) is 0.643. The van der Waals surface area contributed by atoms with Gasteiger partial charge in [0.15, 0.2) is 5.96 Å². The second-order valence-electron chi connectivity index (χ2n) is 5.88. The summed E-state index contributed by atoms with van der Waals surface area (Å²) in [5, 5.41) is 13.9. The summed E-state index contributed by atoms with van der Waals surface area (Å²) in [6, 6.07) is 9.23. The smallest absolute Gasteiger partial charge is 0.194 e. The number of ether oxygens (including phenoxy) is 2. The number of nitrogens with zero attached hydrogens (tertiary/aromatic N) is 2. The molecule has 8 heteroatoms. The van der Waals surface area contributed by atoms with Crippen molar-refractivity contribution in [3.63, 3.8) is 0 Å². The first kappa shape index (κ1) is 21.3. The molecule has 148 valence electrons. The van der Waals surface area contributed by atoms with E-state index < -0.39 is 6.10 Å². The lowest BCUT2D eigenvalue weighted by Gasteiger charge is -2.22. The molecule has 6 nitrogen and oxygen atoms in total. The van der Waals surface area contributed by atoms with Gasteiger partial charge < -0.3 is 24.8 Å². The van der Waals surface area contributed by atoms with Crippen molar-refractivity contribution in [2.24, 2.45) is 4.99 Å². The summed E-state index contributed by atoms with van der Waals surface area (Å²) >= 11 is 7.55. The van der Waals surface area contributed by atoms with Gasteiger partial charge in [0, 0.05) is 24.0 Å². The van der Waals surface area contributed by atoms with Crippen molar-refractivity contribution in [1.82, 2.24) is 10.2 Å². The van der Waals surface area contributed by atoms with Gasteiger partial charge in [-0.1, -0.05) is 11.6 Å². The van der Waals surface area contributed by atoms with Crippen molar-refractivity contribution in [2.75, 3.05) is 34.4 Å². The topological polar surface area (TPSA) is 66.3 Å². The Balaban J connectivity index is 2.13. The van der Waals surface area contributed by atoms with E-state index in [1.807, 2.05) is 31.0 Å². The monoisotopic (exact) mass is 411 g/mol. The number of rotatable bonds is 8. The molecule has 0 bridgehead atoms. The van der Waals surface area contributed by atoms with Crippen LogP contribution in [0.5, 0.6) is 11.5 Å². The van der Waals surface area contributed by atoms with Gasteiger partial charge >= 0.3 is 0 Å². The van der Waals surface area contributed by atoms with Crippen molar-refractivity contribution >= 4 is 28.9 Å². The van der Waals surface area contributed by atoms with Gasteiger partial charge in [-0.2, -0.15) is 0 Å². The van der Waals surface area contributed by atoms with Crippen LogP contribution in [-0.4, -0.2) is 50.3 Å². The molecular weight excluding hydrogens is 386 g/mol. The maximum absolute atomic E-state index is 10.6. The highest BCUT2D eigenvalue weighted by molar-refractivity contribution is 7.16. The van der Waals surface area contributed by atoms with Crippen LogP contribution in [0.3, 0.4) is 0 Å². The van der Waals surface area contributed by atoms with Crippen LogP contribution in [0.4, 0.5) is 0 Å². The summed E-state index contributed by atoms with van der Waals surface area (Å²) in [4.78, 5) is 7.72. The highest BCUT2D eigenvalue weighted by atomic mass is 35.5. The molecule has 27 heavy (non-hydrogen) atoms. The fourth-order valence-corrected chi connectivity index (χ4v) is 3.73. The summed E-state index contributed by atoms with van der Waals surface area (Å²) < 4.78 is 11.4. The van der Waals surface area contributed by atoms with Crippen molar-refractivity contribution in [1.29, 1.82) is 0 Å². The van der Waals surface area contributed by atoms with E-state index in [2.05, 4.69) is 10.3 Å². The zero-order valence-corrected chi connectivity index (χ0v) is 17.6. The van der Waals surface area contributed by atoms with Gasteiger partial charge in [0.1, 0.15) is 17.6 Å². The Morgan fingerprint density at radius 1 is 1.30 bits per heavy atom. The molecular formula is C19H26ClN3O3S. The Bertz CT molecular complexity index is 766. The van der Waals surface area contributed by atoms with Crippen LogP contribution >= 0.6 is 22.9 Å². The third-order valence-electron chi connectivity index (χ3n) is 3.93. The molecule has 0 aliphatic rings. The lowest BCUT2D eigenvalue weighted by atomic mass is 10.1. The third-order valence-corrected chi connectivity index (χ3v) is 5.14. The van der Waals surface area contributed by atoms with Crippen molar-refractivity contribution in [3.05, 3.63) is 45.1 Å². The van der Waals surface area contributed by atoms with Crippen molar-refractivity contribution in [3.8, 4) is 11.5 Å². The van der Waals surface area contributed by atoms with E-state index in [4.69, 9.17) is 21.1 Å². The van der Waals surface area contributed by atoms with E-state index >= 15 is 0 Å². The van der Waals surface area contributed by atoms with Gasteiger partial charge in [0.25, 0.3) is 0 Å². The number of halogens is 1. The molecule has 0 amide bonds. The molecule has 1 aromatic heterocycles. The van der Waals surface area contributed by atoms with Gasteiger partial charge in [-0.25, -0.2) is 0 Å². The predicted molar refractivity (Wildman–Crippen MR) is 111 cm³/mol.